The fourth-order valence-electron chi connectivity index (χ4n) is 2.44. The molecule has 2 saturated carbocycles. The summed E-state index contributed by atoms with van der Waals surface area (Å²) in [5, 5.41) is 11.9. The summed E-state index contributed by atoms with van der Waals surface area (Å²) in [7, 11) is 0. The molecule has 4 heteroatoms. The van der Waals surface area contributed by atoms with E-state index >= 15 is 0 Å². The van der Waals surface area contributed by atoms with Gasteiger partial charge in [-0.3, -0.25) is 4.79 Å². The van der Waals surface area contributed by atoms with Crippen LogP contribution in [0.4, 0.5) is 0 Å². The Labute approximate surface area is 95.4 Å². The number of carboxylic acids is 1. The van der Waals surface area contributed by atoms with Gasteiger partial charge in [-0.25, -0.2) is 4.79 Å². The Kier molecular flexibility index (Phi) is 3.17. The summed E-state index contributed by atoms with van der Waals surface area (Å²) in [6.07, 6.45) is 6.83. The average molecular weight is 225 g/mol. The molecule has 0 atom stereocenters. The molecule has 0 aliphatic heterocycles. The first-order valence-electron chi connectivity index (χ1n) is 6.17. The van der Waals surface area contributed by atoms with Crippen LogP contribution in [-0.4, -0.2) is 22.5 Å². The molecule has 1 amide bonds. The first-order valence-corrected chi connectivity index (χ1v) is 6.17. The lowest BCUT2D eigenvalue weighted by molar-refractivity contribution is -0.147. The maximum atomic E-state index is 11.7. The van der Waals surface area contributed by atoms with Crippen LogP contribution in [-0.2, 0) is 9.59 Å². The van der Waals surface area contributed by atoms with Crippen molar-refractivity contribution in [1.29, 1.82) is 0 Å². The minimum Gasteiger partial charge on any atom is -0.480 e. The Bertz CT molecular complexity index is 291. The van der Waals surface area contributed by atoms with Crippen LogP contribution in [0, 0.1) is 5.92 Å². The quantitative estimate of drug-likeness (QED) is 0.748. The van der Waals surface area contributed by atoms with Gasteiger partial charge in [0.05, 0.1) is 0 Å². The molecule has 4 nitrogen and oxygen atoms in total. The molecule has 0 radical (unpaired) electrons. The maximum absolute atomic E-state index is 11.7. The van der Waals surface area contributed by atoms with Crippen LogP contribution in [0.1, 0.15) is 51.4 Å². The first-order chi connectivity index (χ1) is 7.62. The van der Waals surface area contributed by atoms with Gasteiger partial charge in [-0.05, 0) is 25.2 Å². The number of carbonyl (C=O) groups excluding carboxylic acids is 1. The van der Waals surface area contributed by atoms with Gasteiger partial charge in [-0.15, -0.1) is 0 Å². The topological polar surface area (TPSA) is 66.4 Å². The van der Waals surface area contributed by atoms with Gasteiger partial charge in [0.25, 0.3) is 0 Å². The summed E-state index contributed by atoms with van der Waals surface area (Å²) in [6, 6.07) is 0. The fraction of sp³-hybridized carbons (Fsp3) is 0.833. The fourth-order valence-corrected chi connectivity index (χ4v) is 2.44. The van der Waals surface area contributed by atoms with E-state index in [9.17, 15) is 14.7 Å². The number of nitrogens with one attached hydrogen (secondary N) is 1. The Morgan fingerprint density at radius 2 is 1.88 bits per heavy atom. The largest absolute Gasteiger partial charge is 0.480 e. The molecule has 0 aromatic rings. The van der Waals surface area contributed by atoms with Crippen molar-refractivity contribution < 1.29 is 14.7 Å². The standard InChI is InChI=1S/C12H19NO3/c14-10(6-5-9-3-4-9)13-12(11(15)16)7-1-2-8-12/h9H,1-8H2,(H,13,14)(H,15,16). The van der Waals surface area contributed by atoms with Crippen molar-refractivity contribution in [3.8, 4) is 0 Å². The van der Waals surface area contributed by atoms with Gasteiger partial charge in [-0.2, -0.15) is 0 Å². The molecule has 16 heavy (non-hydrogen) atoms. The summed E-state index contributed by atoms with van der Waals surface area (Å²) in [5.41, 5.74) is -0.958. The van der Waals surface area contributed by atoms with Gasteiger partial charge < -0.3 is 10.4 Å². The Morgan fingerprint density at radius 1 is 1.25 bits per heavy atom. The van der Waals surface area contributed by atoms with E-state index in [-0.39, 0.29) is 5.91 Å². The lowest BCUT2D eigenvalue weighted by Gasteiger charge is -2.25. The maximum Gasteiger partial charge on any atom is 0.329 e. The molecule has 2 aliphatic carbocycles. The van der Waals surface area contributed by atoms with E-state index in [2.05, 4.69) is 5.32 Å². The molecule has 2 rings (SSSR count). The molecule has 90 valence electrons. The van der Waals surface area contributed by atoms with E-state index in [0.717, 1.165) is 25.2 Å². The SMILES string of the molecule is O=C(CCC1CC1)NC1(C(=O)O)CCCC1. The number of carbonyl (C=O) groups is 2. The summed E-state index contributed by atoms with van der Waals surface area (Å²) >= 11 is 0. The number of rotatable bonds is 5. The molecular weight excluding hydrogens is 206 g/mol. The minimum atomic E-state index is -0.958. The lowest BCUT2D eigenvalue weighted by atomic mass is 9.97. The molecule has 0 unspecified atom stereocenters. The van der Waals surface area contributed by atoms with E-state index < -0.39 is 11.5 Å². The molecule has 0 heterocycles. The van der Waals surface area contributed by atoms with Gasteiger partial charge in [0.1, 0.15) is 5.54 Å². The van der Waals surface area contributed by atoms with Gasteiger partial charge >= 0.3 is 5.97 Å². The van der Waals surface area contributed by atoms with Crippen molar-refractivity contribution in [1.82, 2.24) is 5.32 Å². The molecule has 0 aromatic carbocycles. The highest BCUT2D eigenvalue weighted by atomic mass is 16.4. The molecule has 0 saturated heterocycles. The first kappa shape index (κ1) is 11.4. The van der Waals surface area contributed by atoms with Gasteiger partial charge in [0.2, 0.25) is 5.91 Å². The van der Waals surface area contributed by atoms with Crippen LogP contribution < -0.4 is 5.32 Å². The van der Waals surface area contributed by atoms with E-state index in [1.54, 1.807) is 0 Å². The van der Waals surface area contributed by atoms with Crippen molar-refractivity contribution in [3.05, 3.63) is 0 Å². The number of hydrogen-bond acceptors (Lipinski definition) is 2. The van der Waals surface area contributed by atoms with Crippen LogP contribution in [0.25, 0.3) is 0 Å². The van der Waals surface area contributed by atoms with Crippen molar-refractivity contribution >= 4 is 11.9 Å². The number of aliphatic carboxylic acids is 1. The highest BCUT2D eigenvalue weighted by Gasteiger charge is 2.42. The van der Waals surface area contributed by atoms with Crippen molar-refractivity contribution in [3.63, 3.8) is 0 Å². The third kappa shape index (κ3) is 2.54. The molecule has 0 aromatic heterocycles. The molecule has 2 N–H and O–H groups in total. The van der Waals surface area contributed by atoms with Crippen LogP contribution in [0.5, 0.6) is 0 Å². The zero-order chi connectivity index (χ0) is 11.6. The molecule has 2 fully saturated rings. The van der Waals surface area contributed by atoms with E-state index in [1.165, 1.54) is 12.8 Å². The summed E-state index contributed by atoms with van der Waals surface area (Å²) in [4.78, 5) is 22.9. The molecule has 0 spiro atoms. The van der Waals surface area contributed by atoms with Crippen LogP contribution in [0.2, 0.25) is 0 Å². The van der Waals surface area contributed by atoms with Gasteiger partial charge in [0.15, 0.2) is 0 Å². The van der Waals surface area contributed by atoms with Crippen LogP contribution >= 0.6 is 0 Å². The molecule has 0 bridgehead atoms. The second-order valence-electron chi connectivity index (χ2n) is 5.12. The third-order valence-electron chi connectivity index (χ3n) is 3.72. The number of hydrogen-bond donors (Lipinski definition) is 2. The molecular formula is C12H19NO3. The smallest absolute Gasteiger partial charge is 0.329 e. The number of amides is 1. The summed E-state index contributed by atoms with van der Waals surface area (Å²) < 4.78 is 0. The summed E-state index contributed by atoms with van der Waals surface area (Å²) in [6.45, 7) is 0. The van der Waals surface area contributed by atoms with E-state index in [4.69, 9.17) is 0 Å². The monoisotopic (exact) mass is 225 g/mol. The Morgan fingerprint density at radius 3 is 2.38 bits per heavy atom. The van der Waals surface area contributed by atoms with Gasteiger partial charge in [0, 0.05) is 6.42 Å². The second kappa shape index (κ2) is 4.44. The van der Waals surface area contributed by atoms with Gasteiger partial charge in [-0.1, -0.05) is 25.7 Å². The predicted molar refractivity (Wildman–Crippen MR) is 58.9 cm³/mol. The molecule has 2 aliphatic rings. The van der Waals surface area contributed by atoms with Crippen LogP contribution in [0.15, 0.2) is 0 Å². The Balaban J connectivity index is 1.84. The van der Waals surface area contributed by atoms with Crippen LogP contribution in [0.3, 0.4) is 0 Å². The lowest BCUT2D eigenvalue weighted by Crippen LogP contribution is -2.52. The number of carboxylic acid groups (broad SMARTS) is 1. The van der Waals surface area contributed by atoms with Crippen molar-refractivity contribution in [2.75, 3.05) is 0 Å². The third-order valence-corrected chi connectivity index (χ3v) is 3.72. The second-order valence-corrected chi connectivity index (χ2v) is 5.12. The highest BCUT2D eigenvalue weighted by molar-refractivity contribution is 5.87. The normalized spacial score (nSPS) is 23.0. The van der Waals surface area contributed by atoms with Crippen molar-refractivity contribution in [2.24, 2.45) is 5.92 Å². The zero-order valence-corrected chi connectivity index (χ0v) is 9.50. The Hall–Kier alpha value is -1.06. The minimum absolute atomic E-state index is 0.0869. The summed E-state index contributed by atoms with van der Waals surface area (Å²) in [5.74, 6) is -0.240. The highest BCUT2D eigenvalue weighted by Crippen LogP contribution is 2.34. The van der Waals surface area contributed by atoms with E-state index in [0.29, 0.717) is 19.3 Å². The van der Waals surface area contributed by atoms with E-state index in [1.807, 2.05) is 0 Å². The average Bonchev–Trinajstić information content (AvgIpc) is 2.95. The predicted octanol–water partition coefficient (Wildman–Crippen LogP) is 1.69. The van der Waals surface area contributed by atoms with Crippen molar-refractivity contribution in [2.45, 2.75) is 56.9 Å². The zero-order valence-electron chi connectivity index (χ0n) is 9.50.